The lowest BCUT2D eigenvalue weighted by atomic mass is 10.0. The molecule has 0 heterocycles. The summed E-state index contributed by atoms with van der Waals surface area (Å²) in [5, 5.41) is 17.9. The predicted octanol–water partition coefficient (Wildman–Crippen LogP) is 1.51. The largest absolute Gasteiger partial charge is 0.480 e. The molecular weight excluding hydrogens is 510 g/mol. The Labute approximate surface area is 236 Å². The number of rotatable bonds is 17. The molecule has 2 aromatic rings. The van der Waals surface area contributed by atoms with Crippen molar-refractivity contribution in [3.8, 4) is 0 Å². The highest BCUT2D eigenvalue weighted by atomic mass is 16.4. The highest BCUT2D eigenvalue weighted by Crippen LogP contribution is 2.10. The zero-order chi connectivity index (χ0) is 29.5. The average Bonchev–Trinajstić information content (AvgIpc) is 2.92. The second-order valence-electron chi connectivity index (χ2n) is 10.4. The van der Waals surface area contributed by atoms with Crippen LogP contribution in [0.4, 0.5) is 0 Å². The van der Waals surface area contributed by atoms with Crippen LogP contribution in [0.3, 0.4) is 0 Å². The summed E-state index contributed by atoms with van der Waals surface area (Å²) in [6.07, 6.45) is 2.23. The smallest absolute Gasteiger partial charge is 0.326 e. The second-order valence-corrected chi connectivity index (χ2v) is 10.4. The topological polar surface area (TPSA) is 177 Å². The lowest BCUT2D eigenvalue weighted by Crippen LogP contribution is -2.57. The van der Waals surface area contributed by atoms with Crippen molar-refractivity contribution >= 4 is 23.7 Å². The molecule has 0 saturated carbocycles. The molecule has 0 aliphatic heterocycles. The Bertz CT molecular complexity index is 1080. The van der Waals surface area contributed by atoms with Crippen molar-refractivity contribution in [3.05, 3.63) is 71.8 Å². The third-order valence-corrected chi connectivity index (χ3v) is 6.45. The molecule has 0 spiro atoms. The number of carbonyl (C=O) groups excluding carboxylic acids is 3. The van der Waals surface area contributed by atoms with Gasteiger partial charge in [-0.05, 0) is 49.3 Å². The third kappa shape index (κ3) is 11.5. The number of aliphatic carboxylic acids is 1. The van der Waals surface area contributed by atoms with Crippen LogP contribution in [0.25, 0.3) is 0 Å². The van der Waals surface area contributed by atoms with Crippen LogP contribution >= 0.6 is 0 Å². The van der Waals surface area contributed by atoms with E-state index in [-0.39, 0.29) is 18.8 Å². The number of nitrogens with two attached hydrogens (primary N) is 2. The number of hydrogen-bond donors (Lipinski definition) is 6. The SMILES string of the molecule is CC(C)CC(N)C(=O)NC(CCCCN)C(=O)NC(Cc1ccccc1)C(=O)NC(Cc1ccccc1)C(=O)O. The number of nitrogens with one attached hydrogen (secondary N) is 3. The molecule has 3 amide bonds. The molecule has 8 N–H and O–H groups in total. The minimum atomic E-state index is -1.20. The first-order valence-electron chi connectivity index (χ1n) is 13.8. The zero-order valence-corrected chi connectivity index (χ0v) is 23.3. The van der Waals surface area contributed by atoms with E-state index in [0.717, 1.165) is 11.1 Å². The van der Waals surface area contributed by atoms with Gasteiger partial charge in [0.2, 0.25) is 17.7 Å². The average molecular weight is 554 g/mol. The van der Waals surface area contributed by atoms with Gasteiger partial charge in [-0.3, -0.25) is 14.4 Å². The first-order chi connectivity index (χ1) is 19.1. The van der Waals surface area contributed by atoms with Crippen LogP contribution in [0, 0.1) is 5.92 Å². The van der Waals surface area contributed by atoms with E-state index in [0.29, 0.717) is 32.2 Å². The monoisotopic (exact) mass is 553 g/mol. The predicted molar refractivity (Wildman–Crippen MR) is 154 cm³/mol. The van der Waals surface area contributed by atoms with E-state index in [1.807, 2.05) is 50.2 Å². The van der Waals surface area contributed by atoms with Gasteiger partial charge in [-0.15, -0.1) is 0 Å². The lowest BCUT2D eigenvalue weighted by molar-refractivity contribution is -0.142. The highest BCUT2D eigenvalue weighted by molar-refractivity contribution is 5.94. The van der Waals surface area contributed by atoms with Gasteiger partial charge in [0.15, 0.2) is 0 Å². The van der Waals surface area contributed by atoms with Crippen LogP contribution < -0.4 is 27.4 Å². The van der Waals surface area contributed by atoms with Gasteiger partial charge in [-0.2, -0.15) is 0 Å². The van der Waals surface area contributed by atoms with E-state index in [1.54, 1.807) is 24.3 Å². The third-order valence-electron chi connectivity index (χ3n) is 6.45. The molecule has 0 aliphatic carbocycles. The van der Waals surface area contributed by atoms with E-state index in [4.69, 9.17) is 11.5 Å². The molecule has 40 heavy (non-hydrogen) atoms. The van der Waals surface area contributed by atoms with Crippen LogP contribution in [0.2, 0.25) is 0 Å². The molecule has 0 bridgehead atoms. The van der Waals surface area contributed by atoms with E-state index in [1.165, 1.54) is 0 Å². The number of amides is 3. The fraction of sp³-hybridized carbons (Fsp3) is 0.467. The van der Waals surface area contributed by atoms with Crippen molar-refractivity contribution in [2.24, 2.45) is 17.4 Å². The molecule has 0 radical (unpaired) electrons. The number of unbranched alkanes of at least 4 members (excludes halogenated alkanes) is 1. The summed E-state index contributed by atoms with van der Waals surface area (Å²) in [4.78, 5) is 51.6. The molecule has 10 heteroatoms. The van der Waals surface area contributed by atoms with Gasteiger partial charge in [-0.1, -0.05) is 74.5 Å². The van der Waals surface area contributed by atoms with Gasteiger partial charge in [0, 0.05) is 12.8 Å². The molecular formula is C30H43N5O5. The maximum absolute atomic E-state index is 13.4. The van der Waals surface area contributed by atoms with Crippen molar-refractivity contribution in [1.82, 2.24) is 16.0 Å². The van der Waals surface area contributed by atoms with Crippen molar-refractivity contribution in [1.29, 1.82) is 0 Å². The van der Waals surface area contributed by atoms with E-state index < -0.39 is 47.9 Å². The summed E-state index contributed by atoms with van der Waals surface area (Å²) < 4.78 is 0. The molecule has 4 unspecified atom stereocenters. The Morgan fingerprint density at radius 3 is 1.70 bits per heavy atom. The van der Waals surface area contributed by atoms with Gasteiger partial charge >= 0.3 is 5.97 Å². The zero-order valence-electron chi connectivity index (χ0n) is 23.3. The quantitative estimate of drug-likeness (QED) is 0.161. The van der Waals surface area contributed by atoms with Crippen LogP contribution in [-0.4, -0.2) is 59.5 Å². The molecule has 10 nitrogen and oxygen atoms in total. The van der Waals surface area contributed by atoms with Crippen molar-refractivity contribution in [2.45, 2.75) is 76.5 Å². The van der Waals surface area contributed by atoms with Gasteiger partial charge in [-0.25, -0.2) is 4.79 Å². The molecule has 2 aromatic carbocycles. The van der Waals surface area contributed by atoms with E-state index in [2.05, 4.69) is 16.0 Å². The van der Waals surface area contributed by atoms with Crippen LogP contribution in [0.5, 0.6) is 0 Å². The van der Waals surface area contributed by atoms with Gasteiger partial charge < -0.3 is 32.5 Å². The summed E-state index contributed by atoms with van der Waals surface area (Å²) in [7, 11) is 0. The summed E-state index contributed by atoms with van der Waals surface area (Å²) in [5.41, 5.74) is 13.2. The lowest BCUT2D eigenvalue weighted by Gasteiger charge is -2.26. The van der Waals surface area contributed by atoms with E-state index in [9.17, 15) is 24.3 Å². The minimum Gasteiger partial charge on any atom is -0.480 e. The Hall–Kier alpha value is -3.76. The molecule has 2 rings (SSSR count). The van der Waals surface area contributed by atoms with Crippen LogP contribution in [0.1, 0.15) is 50.7 Å². The summed E-state index contributed by atoms with van der Waals surface area (Å²) in [6.45, 7) is 4.34. The number of carboxylic acid groups (broad SMARTS) is 1. The second kappa shape index (κ2) is 17.0. The normalized spacial score (nSPS) is 14.0. The molecule has 0 aliphatic rings. The van der Waals surface area contributed by atoms with Crippen molar-refractivity contribution in [2.75, 3.05) is 6.54 Å². The van der Waals surface area contributed by atoms with Gasteiger partial charge in [0.25, 0.3) is 0 Å². The summed E-state index contributed by atoms with van der Waals surface area (Å²) in [5.74, 6) is -2.62. The fourth-order valence-electron chi connectivity index (χ4n) is 4.31. The minimum absolute atomic E-state index is 0.0828. The van der Waals surface area contributed by atoms with E-state index >= 15 is 0 Å². The Kier molecular flexibility index (Phi) is 13.8. The first kappa shape index (κ1) is 32.5. The molecule has 0 fully saturated rings. The number of carbonyl (C=O) groups is 4. The molecule has 218 valence electrons. The maximum atomic E-state index is 13.4. The number of hydrogen-bond acceptors (Lipinski definition) is 6. The maximum Gasteiger partial charge on any atom is 0.326 e. The fourth-order valence-corrected chi connectivity index (χ4v) is 4.31. The Balaban J connectivity index is 2.23. The Morgan fingerprint density at radius 2 is 1.20 bits per heavy atom. The number of benzene rings is 2. The van der Waals surface area contributed by atoms with Crippen molar-refractivity contribution < 1.29 is 24.3 Å². The standard InChI is InChI=1S/C30H43N5O5/c1-20(2)17-23(32)27(36)33-24(15-9-10-16-31)28(37)34-25(18-21-11-5-3-6-12-21)29(38)35-26(30(39)40)19-22-13-7-4-8-14-22/h3-8,11-14,20,23-26H,9-10,15-19,31-32H2,1-2H3,(H,33,36)(H,34,37)(H,35,38)(H,39,40). The molecule has 0 saturated heterocycles. The van der Waals surface area contributed by atoms with Crippen molar-refractivity contribution in [3.63, 3.8) is 0 Å². The molecule has 0 aromatic heterocycles. The highest BCUT2D eigenvalue weighted by Gasteiger charge is 2.30. The summed E-state index contributed by atoms with van der Waals surface area (Å²) in [6, 6.07) is 14.1. The number of carboxylic acids is 1. The van der Waals surface area contributed by atoms with Gasteiger partial charge in [0.1, 0.15) is 18.1 Å². The molecule has 4 atom stereocenters. The summed E-state index contributed by atoms with van der Waals surface area (Å²) >= 11 is 0. The first-order valence-corrected chi connectivity index (χ1v) is 13.8. The Morgan fingerprint density at radius 1 is 0.725 bits per heavy atom. The van der Waals surface area contributed by atoms with Crippen LogP contribution in [0.15, 0.2) is 60.7 Å². The van der Waals surface area contributed by atoms with Gasteiger partial charge in [0.05, 0.1) is 6.04 Å². The van der Waals surface area contributed by atoms with Crippen LogP contribution in [-0.2, 0) is 32.0 Å².